The average Bonchev–Trinajstić information content (AvgIpc) is 2.95. The van der Waals surface area contributed by atoms with Gasteiger partial charge in [0.05, 0.1) is 24.5 Å². The molecule has 154 valence electrons. The molecule has 2 aliphatic rings. The summed E-state index contributed by atoms with van der Waals surface area (Å²) in [5, 5.41) is 0. The van der Waals surface area contributed by atoms with E-state index in [0.717, 1.165) is 11.3 Å². The molecule has 1 heterocycles. The smallest absolute Gasteiger partial charge is 0.227 e. The maximum Gasteiger partial charge on any atom is 0.227 e. The molecule has 0 bridgehead atoms. The number of rotatable bonds is 6. The molecule has 1 aliphatic heterocycles. The highest BCUT2D eigenvalue weighted by Gasteiger charge is 2.62. The first-order chi connectivity index (χ1) is 13.0. The van der Waals surface area contributed by atoms with Crippen molar-refractivity contribution < 1.29 is 17.9 Å². The lowest BCUT2D eigenvalue weighted by molar-refractivity contribution is -0.136. The van der Waals surface area contributed by atoms with E-state index in [-0.39, 0.29) is 45.2 Å². The Labute approximate surface area is 176 Å². The van der Waals surface area contributed by atoms with Crippen LogP contribution in [0, 0.1) is 17.3 Å². The number of nitrogens with zero attached hydrogens (tertiary/aromatic N) is 1. The molecular weight excluding hydrogens is 421 g/mol. The number of allylic oxidation sites excluding steroid dienone is 1. The van der Waals surface area contributed by atoms with E-state index >= 15 is 0 Å². The van der Waals surface area contributed by atoms with E-state index in [0.29, 0.717) is 13.0 Å². The summed E-state index contributed by atoms with van der Waals surface area (Å²) in [6.45, 7) is 4.37. The van der Waals surface area contributed by atoms with Crippen molar-refractivity contribution in [3.63, 3.8) is 0 Å². The summed E-state index contributed by atoms with van der Waals surface area (Å²) in [7, 11) is -1.52. The highest BCUT2D eigenvalue weighted by atomic mass is 35.5. The summed E-state index contributed by atoms with van der Waals surface area (Å²) in [4.78, 5) is 15.2. The van der Waals surface area contributed by atoms with Crippen LogP contribution >= 0.6 is 23.2 Å². The van der Waals surface area contributed by atoms with E-state index in [1.807, 2.05) is 38.1 Å². The molecule has 8 heteroatoms. The SMILES string of the molecule is COc1ccc(CN(C(=O)[C@@H]2[C@@H](C=C(Cl)Cl)C2(C)C)[C@@H]2CCS(=O)(=O)C2)cc1. The first-order valence-electron chi connectivity index (χ1n) is 9.22. The normalized spacial score (nSPS) is 27.1. The predicted molar refractivity (Wildman–Crippen MR) is 111 cm³/mol. The second-order valence-electron chi connectivity index (χ2n) is 8.15. The molecule has 1 aliphatic carbocycles. The molecule has 1 saturated heterocycles. The van der Waals surface area contributed by atoms with E-state index in [4.69, 9.17) is 27.9 Å². The molecule has 1 aromatic rings. The van der Waals surface area contributed by atoms with E-state index in [9.17, 15) is 13.2 Å². The van der Waals surface area contributed by atoms with Crippen LogP contribution in [0.25, 0.3) is 0 Å². The molecule has 28 heavy (non-hydrogen) atoms. The third kappa shape index (κ3) is 4.50. The van der Waals surface area contributed by atoms with Gasteiger partial charge in [-0.2, -0.15) is 0 Å². The Balaban J connectivity index is 1.86. The Bertz CT molecular complexity index is 876. The van der Waals surface area contributed by atoms with Crippen molar-refractivity contribution in [3.05, 3.63) is 40.4 Å². The minimum absolute atomic E-state index is 0.0127. The molecule has 1 amide bonds. The van der Waals surface area contributed by atoms with Gasteiger partial charge in [-0.05, 0) is 41.5 Å². The van der Waals surface area contributed by atoms with E-state index in [2.05, 4.69) is 0 Å². The Kier molecular flexibility index (Phi) is 6.04. The summed E-state index contributed by atoms with van der Waals surface area (Å²) in [5.74, 6) is 0.505. The first-order valence-corrected chi connectivity index (χ1v) is 11.8. The lowest BCUT2D eigenvalue weighted by atomic mass is 10.1. The molecule has 5 nitrogen and oxygen atoms in total. The third-order valence-electron chi connectivity index (χ3n) is 5.93. The molecule has 1 aromatic carbocycles. The van der Waals surface area contributed by atoms with Crippen LogP contribution in [0.5, 0.6) is 5.75 Å². The first kappa shape index (κ1) is 21.5. The number of halogens is 2. The fourth-order valence-electron chi connectivity index (χ4n) is 4.11. The van der Waals surface area contributed by atoms with Crippen molar-refractivity contribution in [3.8, 4) is 5.75 Å². The van der Waals surface area contributed by atoms with E-state index in [1.165, 1.54) is 0 Å². The van der Waals surface area contributed by atoms with Crippen LogP contribution < -0.4 is 4.74 Å². The maximum absolute atomic E-state index is 13.4. The van der Waals surface area contributed by atoms with Gasteiger partial charge in [0, 0.05) is 12.6 Å². The monoisotopic (exact) mass is 445 g/mol. The summed E-state index contributed by atoms with van der Waals surface area (Å²) >= 11 is 11.6. The highest BCUT2D eigenvalue weighted by Crippen LogP contribution is 2.60. The van der Waals surface area contributed by atoms with Crippen LogP contribution in [0.2, 0.25) is 0 Å². The number of hydrogen-bond acceptors (Lipinski definition) is 4. The van der Waals surface area contributed by atoms with Gasteiger partial charge >= 0.3 is 0 Å². The van der Waals surface area contributed by atoms with Gasteiger partial charge in [-0.15, -0.1) is 0 Å². The van der Waals surface area contributed by atoms with Crippen LogP contribution in [0.15, 0.2) is 34.8 Å². The van der Waals surface area contributed by atoms with Crippen LogP contribution in [-0.4, -0.2) is 43.9 Å². The number of methoxy groups -OCH3 is 1. The zero-order chi connectivity index (χ0) is 20.7. The van der Waals surface area contributed by atoms with Crippen LogP contribution in [-0.2, 0) is 21.2 Å². The fourth-order valence-corrected chi connectivity index (χ4v) is 6.11. The zero-order valence-corrected chi connectivity index (χ0v) is 18.5. The number of carbonyl (C=O) groups is 1. The largest absolute Gasteiger partial charge is 0.497 e. The topological polar surface area (TPSA) is 63.7 Å². The zero-order valence-electron chi connectivity index (χ0n) is 16.2. The number of carbonyl (C=O) groups excluding carboxylic acids is 1. The molecule has 0 aromatic heterocycles. The van der Waals surface area contributed by atoms with Gasteiger partial charge in [0.2, 0.25) is 5.91 Å². The second-order valence-corrected chi connectivity index (χ2v) is 11.4. The number of amides is 1. The van der Waals surface area contributed by atoms with E-state index in [1.54, 1.807) is 18.1 Å². The third-order valence-corrected chi connectivity index (χ3v) is 7.93. The molecule has 2 fully saturated rings. The minimum Gasteiger partial charge on any atom is -0.497 e. The molecule has 0 spiro atoms. The second kappa shape index (κ2) is 7.88. The molecule has 0 radical (unpaired) electrons. The lowest BCUT2D eigenvalue weighted by Gasteiger charge is -2.29. The Hall–Kier alpha value is -1.24. The van der Waals surface area contributed by atoms with Gasteiger partial charge in [-0.25, -0.2) is 8.42 Å². The highest BCUT2D eigenvalue weighted by molar-refractivity contribution is 7.91. The standard InChI is InChI=1S/C20H25Cl2NO4S/c1-20(2)16(10-17(21)22)18(20)19(24)23(14-8-9-28(25,26)12-14)11-13-4-6-15(27-3)7-5-13/h4-7,10,14,16,18H,8-9,11-12H2,1-3H3/t14-,16-,18+/m1/s1. The molecule has 0 N–H and O–H groups in total. The average molecular weight is 446 g/mol. The van der Waals surface area contributed by atoms with Gasteiger partial charge in [0.15, 0.2) is 9.84 Å². The summed E-state index contributed by atoms with van der Waals surface area (Å²) in [6, 6.07) is 7.15. The number of benzene rings is 1. The van der Waals surface area contributed by atoms with Crippen LogP contribution in [0.3, 0.4) is 0 Å². The molecule has 3 atom stereocenters. The Morgan fingerprint density at radius 2 is 1.93 bits per heavy atom. The maximum atomic E-state index is 13.4. The van der Waals surface area contributed by atoms with Crippen LogP contribution in [0.4, 0.5) is 0 Å². The van der Waals surface area contributed by atoms with Gasteiger partial charge in [-0.3, -0.25) is 4.79 Å². The summed E-state index contributed by atoms with van der Waals surface area (Å²) in [6.07, 6.45) is 2.18. The van der Waals surface area contributed by atoms with Crippen molar-refractivity contribution in [1.29, 1.82) is 0 Å². The lowest BCUT2D eigenvalue weighted by Crippen LogP contribution is -2.42. The predicted octanol–water partition coefficient (Wildman–Crippen LogP) is 3.80. The van der Waals surface area contributed by atoms with Crippen LogP contribution in [0.1, 0.15) is 25.8 Å². The van der Waals surface area contributed by atoms with Gasteiger partial charge in [-0.1, -0.05) is 49.2 Å². The van der Waals surface area contributed by atoms with Gasteiger partial charge in [0.1, 0.15) is 10.2 Å². The number of ether oxygens (including phenoxy) is 1. The van der Waals surface area contributed by atoms with Crippen molar-refractivity contribution in [2.45, 2.75) is 32.9 Å². The van der Waals surface area contributed by atoms with Crippen molar-refractivity contribution in [2.75, 3.05) is 18.6 Å². The summed E-state index contributed by atoms with van der Waals surface area (Å²) < 4.78 is 29.4. The minimum atomic E-state index is -3.11. The quantitative estimate of drug-likeness (QED) is 0.667. The van der Waals surface area contributed by atoms with Crippen molar-refractivity contribution in [1.82, 2.24) is 4.90 Å². The van der Waals surface area contributed by atoms with Gasteiger partial charge in [0.25, 0.3) is 0 Å². The Morgan fingerprint density at radius 3 is 2.43 bits per heavy atom. The number of hydrogen-bond donors (Lipinski definition) is 0. The van der Waals surface area contributed by atoms with Crippen molar-refractivity contribution in [2.24, 2.45) is 17.3 Å². The molecule has 0 unspecified atom stereocenters. The summed E-state index contributed by atoms with van der Waals surface area (Å²) in [5.41, 5.74) is 0.668. The van der Waals surface area contributed by atoms with E-state index < -0.39 is 9.84 Å². The van der Waals surface area contributed by atoms with Gasteiger partial charge < -0.3 is 9.64 Å². The Morgan fingerprint density at radius 1 is 1.29 bits per heavy atom. The molecule has 3 rings (SSSR count). The molecular formula is C20H25Cl2NO4S. The fraction of sp³-hybridized carbons (Fsp3) is 0.550. The van der Waals surface area contributed by atoms with Crippen molar-refractivity contribution >= 4 is 38.9 Å². The molecule has 1 saturated carbocycles. The number of sulfone groups is 1.